The third kappa shape index (κ3) is 1.88. The molecule has 4 fully saturated rings. The highest BCUT2D eigenvalue weighted by molar-refractivity contribution is 5.20. The fourth-order valence-electron chi connectivity index (χ4n) is 7.33. The van der Waals surface area contributed by atoms with Crippen molar-refractivity contribution in [1.82, 2.24) is 0 Å². The Morgan fingerprint density at radius 2 is 1.62 bits per heavy atom. The van der Waals surface area contributed by atoms with E-state index >= 15 is 0 Å². The van der Waals surface area contributed by atoms with Gasteiger partial charge in [-0.25, -0.2) is 0 Å². The molecular weight excluding hydrogens is 308 g/mol. The molecule has 9 atom stereocenters. The van der Waals surface area contributed by atoms with Crippen LogP contribution in [0.2, 0.25) is 0 Å². The van der Waals surface area contributed by atoms with Gasteiger partial charge in [-0.3, -0.25) is 0 Å². The Kier molecular flexibility index (Phi) is 3.87. The number of hydrogen-bond acceptors (Lipinski definition) is 5. The largest absolute Gasteiger partial charge is 0.396 e. The lowest BCUT2D eigenvalue weighted by molar-refractivity contribution is -0.248. The lowest BCUT2D eigenvalue weighted by Gasteiger charge is -2.64. The summed E-state index contributed by atoms with van der Waals surface area (Å²) in [5.41, 5.74) is -2.17. The van der Waals surface area contributed by atoms with Crippen LogP contribution >= 0.6 is 0 Å². The van der Waals surface area contributed by atoms with Crippen molar-refractivity contribution in [2.45, 2.75) is 82.2 Å². The van der Waals surface area contributed by atoms with Crippen LogP contribution in [0.1, 0.15) is 58.3 Å². The fraction of sp³-hybridized carbons (Fsp3) is 1.00. The summed E-state index contributed by atoms with van der Waals surface area (Å²) in [6.07, 6.45) is 3.88. The molecule has 0 saturated heterocycles. The molecule has 0 radical (unpaired) electrons. The van der Waals surface area contributed by atoms with E-state index in [9.17, 15) is 25.5 Å². The van der Waals surface area contributed by atoms with Gasteiger partial charge < -0.3 is 25.5 Å². The number of aliphatic hydroxyl groups is 5. The Morgan fingerprint density at radius 3 is 2.33 bits per heavy atom. The van der Waals surface area contributed by atoms with Gasteiger partial charge >= 0.3 is 0 Å². The van der Waals surface area contributed by atoms with Crippen LogP contribution in [0.25, 0.3) is 0 Å². The molecule has 0 spiro atoms. The average Bonchev–Trinajstić information content (AvgIpc) is 2.74. The van der Waals surface area contributed by atoms with Crippen molar-refractivity contribution in [3.63, 3.8) is 0 Å². The van der Waals surface area contributed by atoms with Crippen LogP contribution in [-0.4, -0.2) is 56.1 Å². The van der Waals surface area contributed by atoms with E-state index in [0.29, 0.717) is 18.8 Å². The predicted molar refractivity (Wildman–Crippen MR) is 88.0 cm³/mol. The molecule has 0 aromatic heterocycles. The van der Waals surface area contributed by atoms with Gasteiger partial charge in [0.25, 0.3) is 0 Å². The molecule has 0 amide bonds. The normalized spacial score (nSPS) is 60.2. The highest BCUT2D eigenvalue weighted by Gasteiger charge is 2.71. The molecule has 138 valence electrons. The van der Waals surface area contributed by atoms with Crippen LogP contribution in [-0.2, 0) is 0 Å². The number of rotatable bonds is 1. The van der Waals surface area contributed by atoms with Gasteiger partial charge in [0.1, 0.15) is 5.60 Å². The highest BCUT2D eigenvalue weighted by Crippen LogP contribution is 2.67. The van der Waals surface area contributed by atoms with Gasteiger partial charge in [-0.2, -0.15) is 0 Å². The molecule has 5 N–H and O–H groups in total. The van der Waals surface area contributed by atoms with Crippen molar-refractivity contribution < 1.29 is 25.5 Å². The van der Waals surface area contributed by atoms with E-state index in [2.05, 4.69) is 0 Å². The zero-order valence-corrected chi connectivity index (χ0v) is 14.6. The first-order valence-electron chi connectivity index (χ1n) is 9.67. The summed E-state index contributed by atoms with van der Waals surface area (Å²) >= 11 is 0. The molecule has 4 aliphatic rings. The van der Waals surface area contributed by atoms with Gasteiger partial charge in [0.2, 0.25) is 0 Å². The third-order valence-electron chi connectivity index (χ3n) is 8.80. The van der Waals surface area contributed by atoms with Gasteiger partial charge in [-0.1, -0.05) is 6.92 Å². The smallest absolute Gasteiger partial charge is 0.101 e. The minimum absolute atomic E-state index is 0.0814. The van der Waals surface area contributed by atoms with Crippen molar-refractivity contribution in [2.24, 2.45) is 28.6 Å². The average molecular weight is 340 g/mol. The Labute approximate surface area is 143 Å². The lowest BCUT2D eigenvalue weighted by Crippen LogP contribution is -2.67. The Balaban J connectivity index is 1.73. The zero-order valence-electron chi connectivity index (χ0n) is 14.6. The molecule has 0 aromatic rings. The molecule has 24 heavy (non-hydrogen) atoms. The molecule has 4 rings (SSSR count). The molecule has 4 saturated carbocycles. The van der Waals surface area contributed by atoms with E-state index in [1.807, 2.05) is 6.92 Å². The van der Waals surface area contributed by atoms with E-state index in [0.717, 1.165) is 32.1 Å². The van der Waals surface area contributed by atoms with Crippen LogP contribution in [0, 0.1) is 28.6 Å². The summed E-state index contributed by atoms with van der Waals surface area (Å²) in [5.74, 6) is 0.373. The molecule has 4 unspecified atom stereocenters. The summed E-state index contributed by atoms with van der Waals surface area (Å²) in [5, 5.41) is 53.2. The standard InChI is InChI=1S/C19H32O5/c1-17-6-5-13-14(19(17,24)16(23)9-15(17)22)3-2-11-8-12(21)4-7-18(11,13)10-20/h11-16,20-24H,2-10H2,1H3/t11?,12?,13-,14-,15?,16?,17-,18-,19+/m1/s1. The quantitative estimate of drug-likeness (QED) is 0.486. The second-order valence-electron chi connectivity index (χ2n) is 9.36. The first-order valence-corrected chi connectivity index (χ1v) is 9.67. The van der Waals surface area contributed by atoms with Crippen molar-refractivity contribution in [1.29, 1.82) is 0 Å². The molecular formula is C19H32O5. The maximum atomic E-state index is 11.6. The van der Waals surface area contributed by atoms with E-state index in [1.54, 1.807) is 0 Å². The van der Waals surface area contributed by atoms with E-state index in [4.69, 9.17) is 0 Å². The summed E-state index contributed by atoms with van der Waals surface area (Å²) in [7, 11) is 0. The summed E-state index contributed by atoms with van der Waals surface area (Å²) in [4.78, 5) is 0. The monoisotopic (exact) mass is 340 g/mol. The highest BCUT2D eigenvalue weighted by atomic mass is 16.4. The zero-order chi connectivity index (χ0) is 17.3. The van der Waals surface area contributed by atoms with Gasteiger partial charge in [-0.15, -0.1) is 0 Å². The third-order valence-corrected chi connectivity index (χ3v) is 8.80. The van der Waals surface area contributed by atoms with Crippen molar-refractivity contribution in [3.05, 3.63) is 0 Å². The summed E-state index contributed by atoms with van der Waals surface area (Å²) < 4.78 is 0. The van der Waals surface area contributed by atoms with Crippen LogP contribution in [0.15, 0.2) is 0 Å². The van der Waals surface area contributed by atoms with Crippen molar-refractivity contribution >= 4 is 0 Å². The van der Waals surface area contributed by atoms with Gasteiger partial charge in [0.05, 0.1) is 18.3 Å². The minimum atomic E-state index is -1.27. The van der Waals surface area contributed by atoms with Crippen LogP contribution in [0.4, 0.5) is 0 Å². The molecule has 0 heterocycles. The molecule has 5 nitrogen and oxygen atoms in total. The Morgan fingerprint density at radius 1 is 0.875 bits per heavy atom. The number of fused-ring (bicyclic) bond motifs is 5. The summed E-state index contributed by atoms with van der Waals surface area (Å²) in [6.45, 7) is 2.02. The van der Waals surface area contributed by atoms with E-state index in [-0.39, 0.29) is 36.4 Å². The van der Waals surface area contributed by atoms with Crippen LogP contribution in [0.5, 0.6) is 0 Å². The first-order chi connectivity index (χ1) is 11.3. The maximum Gasteiger partial charge on any atom is 0.101 e. The Hall–Kier alpha value is -0.200. The second kappa shape index (κ2) is 5.40. The van der Waals surface area contributed by atoms with Crippen LogP contribution in [0.3, 0.4) is 0 Å². The SMILES string of the molecule is C[C@]12CC[C@@H]3[C@@H](CCC4CC(O)CC[C@@]43CO)[C@]1(O)C(O)CC2O. The fourth-order valence-corrected chi connectivity index (χ4v) is 7.33. The Bertz CT molecular complexity index is 512. The first kappa shape index (κ1) is 17.2. The maximum absolute atomic E-state index is 11.6. The number of hydrogen-bond donors (Lipinski definition) is 5. The van der Waals surface area contributed by atoms with E-state index < -0.39 is 23.2 Å². The van der Waals surface area contributed by atoms with E-state index in [1.165, 1.54) is 0 Å². The van der Waals surface area contributed by atoms with Gasteiger partial charge in [0, 0.05) is 18.4 Å². The second-order valence-corrected chi connectivity index (χ2v) is 9.36. The van der Waals surface area contributed by atoms with Gasteiger partial charge in [0.15, 0.2) is 0 Å². The number of aliphatic hydroxyl groups excluding tert-OH is 4. The topological polar surface area (TPSA) is 101 Å². The summed E-state index contributed by atoms with van der Waals surface area (Å²) in [6, 6.07) is 0. The molecule has 5 heteroatoms. The predicted octanol–water partition coefficient (Wildman–Crippen LogP) is 0.809. The van der Waals surface area contributed by atoms with Crippen LogP contribution < -0.4 is 0 Å². The van der Waals surface area contributed by atoms with Crippen molar-refractivity contribution in [3.8, 4) is 0 Å². The lowest BCUT2D eigenvalue weighted by atomic mass is 9.43. The molecule has 0 aliphatic heterocycles. The van der Waals surface area contributed by atoms with Gasteiger partial charge in [-0.05, 0) is 68.1 Å². The molecule has 4 aliphatic carbocycles. The minimum Gasteiger partial charge on any atom is -0.396 e. The molecule has 0 bridgehead atoms. The molecule has 0 aromatic carbocycles. The van der Waals surface area contributed by atoms with Crippen molar-refractivity contribution in [2.75, 3.05) is 6.61 Å².